The number of rotatable bonds is 4. The third kappa shape index (κ3) is 2.85. The van der Waals surface area contributed by atoms with E-state index in [4.69, 9.17) is 4.52 Å². The van der Waals surface area contributed by atoms with Crippen LogP contribution in [0.1, 0.15) is 19.7 Å². The van der Waals surface area contributed by atoms with Crippen LogP contribution in [0.5, 0.6) is 0 Å². The number of hydrogen-bond acceptors (Lipinski definition) is 5. The molecule has 0 aliphatic carbocycles. The second-order valence-electron chi connectivity index (χ2n) is 3.91. The molecule has 0 radical (unpaired) electrons. The zero-order valence-electron chi connectivity index (χ0n) is 9.64. The first kappa shape index (κ1) is 11.7. The zero-order chi connectivity index (χ0) is 12.3. The predicted molar refractivity (Wildman–Crippen MR) is 59.5 cm³/mol. The topological polar surface area (TPSA) is 63.8 Å². The van der Waals surface area contributed by atoms with Crippen molar-refractivity contribution < 1.29 is 8.91 Å². The van der Waals surface area contributed by atoms with E-state index in [1.54, 1.807) is 0 Å². The monoisotopic (exact) mass is 236 g/mol. The Morgan fingerprint density at radius 2 is 2.29 bits per heavy atom. The van der Waals surface area contributed by atoms with Gasteiger partial charge < -0.3 is 9.84 Å². The standard InChI is InChI=1S/C11H13FN4O/c1-7(2)14-6-10-15-11(17-16-10)8-3-4-13-5-9(8)12/h3-5,7,14H,6H2,1-2H3. The van der Waals surface area contributed by atoms with Gasteiger partial charge in [0.1, 0.15) is 0 Å². The number of nitrogens with zero attached hydrogens (tertiary/aromatic N) is 3. The third-order valence-electron chi connectivity index (χ3n) is 2.14. The van der Waals surface area contributed by atoms with Gasteiger partial charge in [-0.2, -0.15) is 4.98 Å². The largest absolute Gasteiger partial charge is 0.334 e. The van der Waals surface area contributed by atoms with Crippen LogP contribution < -0.4 is 5.32 Å². The van der Waals surface area contributed by atoms with Gasteiger partial charge in [0.2, 0.25) is 0 Å². The van der Waals surface area contributed by atoms with Gasteiger partial charge >= 0.3 is 0 Å². The Kier molecular flexibility index (Phi) is 3.43. The van der Waals surface area contributed by atoms with Crippen molar-refractivity contribution in [1.82, 2.24) is 20.4 Å². The minimum Gasteiger partial charge on any atom is -0.334 e. The van der Waals surface area contributed by atoms with E-state index in [1.165, 1.54) is 12.3 Å². The van der Waals surface area contributed by atoms with Crippen LogP contribution in [0.25, 0.3) is 11.5 Å². The first-order valence-corrected chi connectivity index (χ1v) is 5.32. The highest BCUT2D eigenvalue weighted by atomic mass is 19.1. The summed E-state index contributed by atoms with van der Waals surface area (Å²) in [4.78, 5) is 7.76. The van der Waals surface area contributed by atoms with Gasteiger partial charge in [0.25, 0.3) is 5.89 Å². The first-order chi connectivity index (χ1) is 8.16. The van der Waals surface area contributed by atoms with Crippen molar-refractivity contribution in [2.75, 3.05) is 0 Å². The molecule has 0 spiro atoms. The number of hydrogen-bond donors (Lipinski definition) is 1. The molecule has 6 heteroatoms. The van der Waals surface area contributed by atoms with E-state index in [9.17, 15) is 4.39 Å². The van der Waals surface area contributed by atoms with E-state index in [1.807, 2.05) is 13.8 Å². The predicted octanol–water partition coefficient (Wildman–Crippen LogP) is 1.77. The number of halogens is 1. The normalized spacial score (nSPS) is 11.1. The Morgan fingerprint density at radius 3 is 3.00 bits per heavy atom. The minimum atomic E-state index is -0.473. The number of aromatic nitrogens is 3. The summed E-state index contributed by atoms with van der Waals surface area (Å²) in [7, 11) is 0. The Morgan fingerprint density at radius 1 is 1.47 bits per heavy atom. The summed E-state index contributed by atoms with van der Waals surface area (Å²) < 4.78 is 18.4. The molecule has 0 amide bonds. The summed E-state index contributed by atoms with van der Waals surface area (Å²) >= 11 is 0. The minimum absolute atomic E-state index is 0.172. The fourth-order valence-corrected chi connectivity index (χ4v) is 1.28. The Hall–Kier alpha value is -1.82. The number of nitrogens with one attached hydrogen (secondary N) is 1. The maximum atomic E-state index is 13.4. The molecule has 0 aliphatic rings. The van der Waals surface area contributed by atoms with Crippen LogP contribution in [0.15, 0.2) is 23.0 Å². The Labute approximate surface area is 98.1 Å². The maximum absolute atomic E-state index is 13.4. The molecule has 2 rings (SSSR count). The lowest BCUT2D eigenvalue weighted by Gasteiger charge is -2.03. The molecule has 0 fully saturated rings. The van der Waals surface area contributed by atoms with Gasteiger partial charge in [-0.15, -0.1) is 0 Å². The second-order valence-corrected chi connectivity index (χ2v) is 3.91. The zero-order valence-corrected chi connectivity index (χ0v) is 9.64. The molecule has 0 unspecified atom stereocenters. The molecular weight excluding hydrogens is 223 g/mol. The van der Waals surface area contributed by atoms with Crippen molar-refractivity contribution in [1.29, 1.82) is 0 Å². The maximum Gasteiger partial charge on any atom is 0.261 e. The van der Waals surface area contributed by atoms with Crippen LogP contribution in [0, 0.1) is 5.82 Å². The molecule has 1 N–H and O–H groups in total. The van der Waals surface area contributed by atoms with E-state index in [-0.39, 0.29) is 11.5 Å². The summed E-state index contributed by atoms with van der Waals surface area (Å²) in [5, 5.41) is 6.92. The van der Waals surface area contributed by atoms with Gasteiger partial charge in [-0.25, -0.2) is 4.39 Å². The van der Waals surface area contributed by atoms with E-state index < -0.39 is 5.82 Å². The lowest BCUT2D eigenvalue weighted by Crippen LogP contribution is -2.22. The van der Waals surface area contributed by atoms with Crippen LogP contribution in [-0.4, -0.2) is 21.2 Å². The molecule has 2 heterocycles. The van der Waals surface area contributed by atoms with Crippen LogP contribution in [0.3, 0.4) is 0 Å². The SMILES string of the molecule is CC(C)NCc1noc(-c2ccncc2F)n1. The van der Waals surface area contributed by atoms with Crippen molar-refractivity contribution in [3.8, 4) is 11.5 Å². The van der Waals surface area contributed by atoms with Crippen molar-refractivity contribution in [3.63, 3.8) is 0 Å². The third-order valence-corrected chi connectivity index (χ3v) is 2.14. The fourth-order valence-electron chi connectivity index (χ4n) is 1.28. The smallest absolute Gasteiger partial charge is 0.261 e. The van der Waals surface area contributed by atoms with Crippen molar-refractivity contribution >= 4 is 0 Å². The molecule has 0 aliphatic heterocycles. The summed E-state index contributed by atoms with van der Waals surface area (Å²) in [6.45, 7) is 4.53. The molecule has 5 nitrogen and oxygen atoms in total. The van der Waals surface area contributed by atoms with Gasteiger partial charge in [-0.05, 0) is 6.07 Å². The Balaban J connectivity index is 2.16. The second kappa shape index (κ2) is 5.01. The number of pyridine rings is 1. The van der Waals surface area contributed by atoms with Gasteiger partial charge in [-0.1, -0.05) is 19.0 Å². The average molecular weight is 236 g/mol. The average Bonchev–Trinajstić information content (AvgIpc) is 2.75. The van der Waals surface area contributed by atoms with Crippen molar-refractivity contribution in [2.24, 2.45) is 0 Å². The molecule has 0 aromatic carbocycles. The highest BCUT2D eigenvalue weighted by molar-refractivity contribution is 5.52. The summed E-state index contributed by atoms with van der Waals surface area (Å²) in [5.74, 6) is 0.204. The summed E-state index contributed by atoms with van der Waals surface area (Å²) in [6.07, 6.45) is 2.60. The van der Waals surface area contributed by atoms with Gasteiger partial charge in [0.05, 0.1) is 18.3 Å². The van der Waals surface area contributed by atoms with E-state index in [0.717, 1.165) is 6.20 Å². The van der Waals surface area contributed by atoms with Gasteiger partial charge in [0.15, 0.2) is 11.6 Å². The van der Waals surface area contributed by atoms with E-state index >= 15 is 0 Å². The van der Waals surface area contributed by atoms with E-state index in [2.05, 4.69) is 20.4 Å². The highest BCUT2D eigenvalue weighted by Gasteiger charge is 2.12. The van der Waals surface area contributed by atoms with Crippen molar-refractivity contribution in [2.45, 2.75) is 26.4 Å². The van der Waals surface area contributed by atoms with Crippen LogP contribution in [-0.2, 0) is 6.54 Å². The summed E-state index contributed by atoms with van der Waals surface area (Å²) in [6, 6.07) is 1.83. The first-order valence-electron chi connectivity index (χ1n) is 5.32. The van der Waals surface area contributed by atoms with Crippen molar-refractivity contribution in [3.05, 3.63) is 30.1 Å². The van der Waals surface area contributed by atoms with Crippen LogP contribution >= 0.6 is 0 Å². The molecule has 0 saturated heterocycles. The highest BCUT2D eigenvalue weighted by Crippen LogP contribution is 2.19. The molecule has 0 atom stereocenters. The molecule has 0 saturated carbocycles. The lowest BCUT2D eigenvalue weighted by molar-refractivity contribution is 0.415. The van der Waals surface area contributed by atoms with E-state index in [0.29, 0.717) is 18.4 Å². The molecule has 0 bridgehead atoms. The molecule has 17 heavy (non-hydrogen) atoms. The lowest BCUT2D eigenvalue weighted by atomic mass is 10.2. The molecule has 2 aromatic heterocycles. The van der Waals surface area contributed by atoms with Gasteiger partial charge in [-0.3, -0.25) is 4.98 Å². The summed E-state index contributed by atoms with van der Waals surface area (Å²) in [5.41, 5.74) is 0.267. The molecule has 90 valence electrons. The van der Waals surface area contributed by atoms with Crippen LogP contribution in [0.2, 0.25) is 0 Å². The Bertz CT molecular complexity index is 498. The quantitative estimate of drug-likeness (QED) is 0.876. The fraction of sp³-hybridized carbons (Fsp3) is 0.364. The molecule has 2 aromatic rings. The molecular formula is C11H13FN4O. The van der Waals surface area contributed by atoms with Crippen LogP contribution in [0.4, 0.5) is 4.39 Å². The van der Waals surface area contributed by atoms with Gasteiger partial charge in [0, 0.05) is 12.2 Å².